The van der Waals surface area contributed by atoms with Gasteiger partial charge in [0.05, 0.1) is 17.8 Å². The summed E-state index contributed by atoms with van der Waals surface area (Å²) in [6.45, 7) is 5.61. The van der Waals surface area contributed by atoms with Crippen molar-refractivity contribution >= 4 is 0 Å². The number of aliphatic hydroxyl groups excluding tert-OH is 2. The molecule has 3 rings (SSSR count). The molecule has 3 N–H and O–H groups in total. The first-order chi connectivity index (χ1) is 7.26. The predicted molar refractivity (Wildman–Crippen MR) is 56.4 cm³/mol. The van der Waals surface area contributed by atoms with Gasteiger partial charge < -0.3 is 20.1 Å². The van der Waals surface area contributed by atoms with Crippen molar-refractivity contribution < 1.29 is 20.1 Å². The molecule has 4 nitrogen and oxygen atoms in total. The van der Waals surface area contributed by atoms with Crippen LogP contribution in [0.15, 0.2) is 0 Å². The van der Waals surface area contributed by atoms with E-state index < -0.39 is 23.6 Å². The number of hydrogen-bond donors (Lipinski definition) is 3. The quantitative estimate of drug-likeness (QED) is 0.550. The van der Waals surface area contributed by atoms with E-state index in [-0.39, 0.29) is 23.7 Å². The molecule has 1 aliphatic heterocycles. The van der Waals surface area contributed by atoms with E-state index in [1.807, 2.05) is 13.8 Å². The highest BCUT2D eigenvalue weighted by atomic mass is 16.6. The lowest BCUT2D eigenvalue weighted by molar-refractivity contribution is -0.228. The van der Waals surface area contributed by atoms with E-state index in [0.29, 0.717) is 0 Å². The molecule has 0 radical (unpaired) electrons. The number of rotatable bonds is 0. The van der Waals surface area contributed by atoms with Gasteiger partial charge in [-0.2, -0.15) is 0 Å². The molecule has 7 atom stereocenters. The molecule has 16 heavy (non-hydrogen) atoms. The van der Waals surface area contributed by atoms with Gasteiger partial charge in [0.25, 0.3) is 0 Å². The Bertz CT molecular complexity index is 295. The molecule has 1 saturated heterocycles. The minimum atomic E-state index is -1.17. The van der Waals surface area contributed by atoms with Crippen LogP contribution in [0.3, 0.4) is 0 Å². The largest absolute Gasteiger partial charge is 0.390 e. The molecule has 92 valence electrons. The zero-order valence-electron chi connectivity index (χ0n) is 9.92. The minimum Gasteiger partial charge on any atom is -0.390 e. The summed E-state index contributed by atoms with van der Waals surface area (Å²) in [4.78, 5) is 0. The molecule has 1 unspecified atom stereocenters. The van der Waals surface area contributed by atoms with Gasteiger partial charge in [-0.1, -0.05) is 0 Å². The van der Waals surface area contributed by atoms with E-state index in [4.69, 9.17) is 4.74 Å². The zero-order chi connectivity index (χ0) is 11.9. The zero-order valence-corrected chi connectivity index (χ0v) is 9.92. The predicted octanol–water partition coefficient (Wildman–Crippen LogP) is 0.108. The molecular weight excluding hydrogens is 208 g/mol. The summed E-state index contributed by atoms with van der Waals surface area (Å²) in [5, 5.41) is 30.2. The lowest BCUT2D eigenvalue weighted by atomic mass is 9.69. The van der Waals surface area contributed by atoms with E-state index in [0.717, 1.165) is 6.42 Å². The van der Waals surface area contributed by atoms with Crippen LogP contribution in [0.5, 0.6) is 0 Å². The van der Waals surface area contributed by atoms with Crippen molar-refractivity contribution in [2.45, 2.75) is 50.8 Å². The summed E-state index contributed by atoms with van der Waals surface area (Å²) in [6, 6.07) is 0. The molecule has 0 amide bonds. The van der Waals surface area contributed by atoms with Gasteiger partial charge in [-0.05, 0) is 39.0 Å². The van der Waals surface area contributed by atoms with Crippen LogP contribution in [0.1, 0.15) is 27.2 Å². The molecule has 3 fully saturated rings. The Morgan fingerprint density at radius 3 is 2.06 bits per heavy atom. The van der Waals surface area contributed by atoms with E-state index in [2.05, 4.69) is 0 Å². The standard InChI is InChI=1S/C12H20O4/c1-11(2)7-5-4-6(10(14)9(5)13)8(7)12(3,15)16-11/h5-10,13-15H,4H2,1-3H3/t5-,6+,7-,8+,9+,10-,12?/m0/s1. The fourth-order valence-corrected chi connectivity index (χ4v) is 4.70. The molecule has 1 heterocycles. The van der Waals surface area contributed by atoms with Gasteiger partial charge in [0.1, 0.15) is 0 Å². The van der Waals surface area contributed by atoms with Gasteiger partial charge >= 0.3 is 0 Å². The summed E-state index contributed by atoms with van der Waals surface area (Å²) < 4.78 is 5.71. The van der Waals surface area contributed by atoms with Crippen molar-refractivity contribution in [3.8, 4) is 0 Å². The highest BCUT2D eigenvalue weighted by molar-refractivity contribution is 5.15. The monoisotopic (exact) mass is 228 g/mol. The van der Waals surface area contributed by atoms with Crippen molar-refractivity contribution in [3.63, 3.8) is 0 Å². The minimum absolute atomic E-state index is 0.0261. The Labute approximate surface area is 95.2 Å². The third kappa shape index (κ3) is 1.09. The van der Waals surface area contributed by atoms with Crippen LogP contribution in [0.4, 0.5) is 0 Å². The van der Waals surface area contributed by atoms with E-state index in [1.54, 1.807) is 6.92 Å². The first kappa shape index (κ1) is 11.0. The maximum Gasteiger partial charge on any atom is 0.166 e. The van der Waals surface area contributed by atoms with Gasteiger partial charge in [-0.15, -0.1) is 0 Å². The van der Waals surface area contributed by atoms with Gasteiger partial charge in [0.2, 0.25) is 0 Å². The second-order valence-electron chi connectivity index (χ2n) is 6.36. The number of hydrogen-bond acceptors (Lipinski definition) is 4. The summed E-state index contributed by atoms with van der Waals surface area (Å²) in [6.07, 6.45) is -0.543. The van der Waals surface area contributed by atoms with Gasteiger partial charge in [-0.25, -0.2) is 0 Å². The molecule has 0 aromatic heterocycles. The Morgan fingerprint density at radius 2 is 1.50 bits per heavy atom. The van der Waals surface area contributed by atoms with Gasteiger partial charge in [-0.3, -0.25) is 0 Å². The van der Waals surface area contributed by atoms with Gasteiger partial charge in [0.15, 0.2) is 5.79 Å². The Morgan fingerprint density at radius 1 is 1.00 bits per heavy atom. The molecule has 4 heteroatoms. The summed E-state index contributed by atoms with van der Waals surface area (Å²) in [7, 11) is 0. The van der Waals surface area contributed by atoms with Crippen LogP contribution in [0.25, 0.3) is 0 Å². The van der Waals surface area contributed by atoms with Crippen molar-refractivity contribution in [2.75, 3.05) is 0 Å². The van der Waals surface area contributed by atoms with Crippen LogP contribution in [-0.4, -0.2) is 38.9 Å². The molecular formula is C12H20O4. The second kappa shape index (κ2) is 2.80. The SMILES string of the molecule is CC1(C)OC(C)(O)[C@@H]2[C@H]3C[C@H]([C@@H](O)[C@H]3O)[C@@H]21. The van der Waals surface area contributed by atoms with Crippen LogP contribution >= 0.6 is 0 Å². The van der Waals surface area contributed by atoms with E-state index in [1.165, 1.54) is 0 Å². The normalized spacial score (nSPS) is 62.6. The van der Waals surface area contributed by atoms with E-state index in [9.17, 15) is 15.3 Å². The molecule has 2 bridgehead atoms. The smallest absolute Gasteiger partial charge is 0.166 e. The molecule has 3 aliphatic rings. The highest BCUT2D eigenvalue weighted by Crippen LogP contribution is 2.64. The van der Waals surface area contributed by atoms with Crippen molar-refractivity contribution in [2.24, 2.45) is 23.7 Å². The highest BCUT2D eigenvalue weighted by Gasteiger charge is 2.70. The van der Waals surface area contributed by atoms with Crippen molar-refractivity contribution in [1.82, 2.24) is 0 Å². The van der Waals surface area contributed by atoms with Crippen molar-refractivity contribution in [1.29, 1.82) is 0 Å². The third-order valence-electron chi connectivity index (χ3n) is 4.97. The Kier molecular flexibility index (Phi) is 1.92. The van der Waals surface area contributed by atoms with Crippen LogP contribution < -0.4 is 0 Å². The lowest BCUT2D eigenvalue weighted by Crippen LogP contribution is -2.48. The molecule has 0 spiro atoms. The lowest BCUT2D eigenvalue weighted by Gasteiger charge is -2.37. The maximum absolute atomic E-state index is 10.3. The average molecular weight is 228 g/mol. The van der Waals surface area contributed by atoms with Crippen LogP contribution in [-0.2, 0) is 4.74 Å². The average Bonchev–Trinajstić information content (AvgIpc) is 2.68. The number of aliphatic hydroxyl groups is 3. The summed E-state index contributed by atoms with van der Waals surface area (Å²) in [5.41, 5.74) is -0.422. The maximum atomic E-state index is 10.3. The topological polar surface area (TPSA) is 69.9 Å². The molecule has 0 aromatic carbocycles. The van der Waals surface area contributed by atoms with Crippen LogP contribution in [0.2, 0.25) is 0 Å². The number of fused-ring (bicyclic) bond motifs is 5. The third-order valence-corrected chi connectivity index (χ3v) is 4.97. The fourth-order valence-electron chi connectivity index (χ4n) is 4.70. The Hall–Kier alpha value is -0.160. The van der Waals surface area contributed by atoms with Gasteiger partial charge in [0, 0.05) is 11.8 Å². The Balaban J connectivity index is 2.03. The fraction of sp³-hybridized carbons (Fsp3) is 1.00. The molecule has 2 saturated carbocycles. The first-order valence-electron chi connectivity index (χ1n) is 6.04. The summed E-state index contributed by atoms with van der Waals surface area (Å²) >= 11 is 0. The molecule has 2 aliphatic carbocycles. The molecule has 0 aromatic rings. The number of ether oxygens (including phenoxy) is 1. The first-order valence-corrected chi connectivity index (χ1v) is 6.04. The van der Waals surface area contributed by atoms with Crippen LogP contribution in [0, 0.1) is 23.7 Å². The summed E-state index contributed by atoms with van der Waals surface area (Å²) in [5.74, 6) is -1.04. The van der Waals surface area contributed by atoms with E-state index >= 15 is 0 Å². The van der Waals surface area contributed by atoms with Crippen molar-refractivity contribution in [3.05, 3.63) is 0 Å². The second-order valence-corrected chi connectivity index (χ2v) is 6.36.